The minimum atomic E-state index is -4.45. The van der Waals surface area contributed by atoms with Crippen LogP contribution in [0.3, 0.4) is 0 Å². The van der Waals surface area contributed by atoms with Gasteiger partial charge in [0.1, 0.15) is 6.26 Å². The van der Waals surface area contributed by atoms with Crippen LogP contribution in [0.5, 0.6) is 0 Å². The number of halogens is 3. The highest BCUT2D eigenvalue weighted by Gasteiger charge is 2.30. The third kappa shape index (κ3) is 2.98. The van der Waals surface area contributed by atoms with E-state index < -0.39 is 17.7 Å². The molecule has 1 aromatic heterocycles. The van der Waals surface area contributed by atoms with Gasteiger partial charge in [-0.05, 0) is 25.1 Å². The van der Waals surface area contributed by atoms with Crippen molar-refractivity contribution in [2.45, 2.75) is 13.1 Å². The number of aromatic nitrogens is 1. The minimum Gasteiger partial charge on any atom is -0.461 e. The van der Waals surface area contributed by atoms with Gasteiger partial charge >= 0.3 is 12.1 Å². The molecule has 2 rings (SSSR count). The van der Waals surface area contributed by atoms with Crippen molar-refractivity contribution in [1.82, 2.24) is 4.98 Å². The molecule has 0 saturated carbocycles. The van der Waals surface area contributed by atoms with Crippen molar-refractivity contribution < 1.29 is 27.1 Å². The molecule has 0 amide bonds. The lowest BCUT2D eigenvalue weighted by atomic mass is 10.1. The van der Waals surface area contributed by atoms with Crippen molar-refractivity contribution in [2.24, 2.45) is 0 Å². The lowest BCUT2D eigenvalue weighted by Gasteiger charge is -2.06. The van der Waals surface area contributed by atoms with Crippen LogP contribution in [0.2, 0.25) is 0 Å². The largest absolute Gasteiger partial charge is 0.461 e. The number of benzene rings is 1. The normalized spacial score (nSPS) is 11.4. The van der Waals surface area contributed by atoms with Gasteiger partial charge in [0.25, 0.3) is 0 Å². The Hall–Kier alpha value is -2.31. The molecule has 7 heteroatoms. The molecule has 0 atom stereocenters. The molecule has 2 aromatic rings. The van der Waals surface area contributed by atoms with Crippen molar-refractivity contribution >= 4 is 5.97 Å². The predicted octanol–water partition coefficient (Wildman–Crippen LogP) is 3.54. The van der Waals surface area contributed by atoms with E-state index in [2.05, 4.69) is 4.98 Å². The molecule has 1 aromatic carbocycles. The van der Waals surface area contributed by atoms with E-state index in [0.29, 0.717) is 0 Å². The van der Waals surface area contributed by atoms with Gasteiger partial charge in [0.05, 0.1) is 12.2 Å². The summed E-state index contributed by atoms with van der Waals surface area (Å²) in [5, 5.41) is 0. The quantitative estimate of drug-likeness (QED) is 0.809. The van der Waals surface area contributed by atoms with Crippen LogP contribution < -0.4 is 0 Å². The Morgan fingerprint density at radius 1 is 1.40 bits per heavy atom. The Labute approximate surface area is 112 Å². The fourth-order valence-electron chi connectivity index (χ4n) is 1.53. The van der Waals surface area contributed by atoms with Crippen LogP contribution in [-0.4, -0.2) is 17.6 Å². The van der Waals surface area contributed by atoms with E-state index in [1.807, 2.05) is 0 Å². The van der Waals surface area contributed by atoms with Crippen LogP contribution in [0.15, 0.2) is 34.9 Å². The number of hydrogen-bond donors (Lipinski definition) is 0. The molecule has 106 valence electrons. The molecule has 0 radical (unpaired) electrons. The summed E-state index contributed by atoms with van der Waals surface area (Å²) in [6, 6.07) is 4.50. The average molecular weight is 285 g/mol. The summed E-state index contributed by atoms with van der Waals surface area (Å²) in [5.41, 5.74) is -0.763. The Kier molecular flexibility index (Phi) is 3.78. The maximum absolute atomic E-state index is 12.6. The van der Waals surface area contributed by atoms with Gasteiger partial charge in [-0.3, -0.25) is 0 Å². The second-order valence-electron chi connectivity index (χ2n) is 3.84. The molecule has 0 bridgehead atoms. The van der Waals surface area contributed by atoms with E-state index in [-0.39, 0.29) is 23.8 Å². The Balaban J connectivity index is 2.31. The van der Waals surface area contributed by atoms with Gasteiger partial charge in [-0.1, -0.05) is 6.07 Å². The molecule has 4 nitrogen and oxygen atoms in total. The maximum atomic E-state index is 12.6. The van der Waals surface area contributed by atoms with Gasteiger partial charge in [-0.2, -0.15) is 13.2 Å². The monoisotopic (exact) mass is 285 g/mol. The van der Waals surface area contributed by atoms with Gasteiger partial charge < -0.3 is 9.15 Å². The van der Waals surface area contributed by atoms with Crippen molar-refractivity contribution in [3.8, 4) is 11.5 Å². The number of nitrogens with zero attached hydrogens (tertiary/aromatic N) is 1. The number of carbonyl (C=O) groups is 1. The third-order valence-corrected chi connectivity index (χ3v) is 2.43. The molecule has 0 saturated heterocycles. The smallest absolute Gasteiger partial charge is 0.416 e. The molecule has 0 spiro atoms. The first-order chi connectivity index (χ1) is 9.41. The Morgan fingerprint density at radius 3 is 2.80 bits per heavy atom. The lowest BCUT2D eigenvalue weighted by molar-refractivity contribution is -0.137. The van der Waals surface area contributed by atoms with Crippen LogP contribution in [0, 0.1) is 0 Å². The number of hydrogen-bond acceptors (Lipinski definition) is 4. The van der Waals surface area contributed by atoms with Crippen molar-refractivity contribution in [3.63, 3.8) is 0 Å². The van der Waals surface area contributed by atoms with Gasteiger partial charge in [0.15, 0.2) is 5.69 Å². The van der Waals surface area contributed by atoms with Gasteiger partial charge in [-0.15, -0.1) is 0 Å². The van der Waals surface area contributed by atoms with Crippen LogP contribution in [0.25, 0.3) is 11.5 Å². The fraction of sp³-hybridized carbons (Fsp3) is 0.231. The topological polar surface area (TPSA) is 52.3 Å². The van der Waals surface area contributed by atoms with Gasteiger partial charge in [-0.25, -0.2) is 9.78 Å². The third-order valence-electron chi connectivity index (χ3n) is 2.43. The summed E-state index contributed by atoms with van der Waals surface area (Å²) < 4.78 is 47.5. The zero-order valence-corrected chi connectivity index (χ0v) is 10.4. The molecule has 20 heavy (non-hydrogen) atoms. The molecule has 0 aliphatic heterocycles. The molecular weight excluding hydrogens is 275 g/mol. The molecule has 0 aliphatic carbocycles. The first kappa shape index (κ1) is 14.1. The fourth-order valence-corrected chi connectivity index (χ4v) is 1.53. The molecule has 0 aliphatic rings. The van der Waals surface area contributed by atoms with Crippen molar-refractivity contribution in [2.75, 3.05) is 6.61 Å². The van der Waals surface area contributed by atoms with E-state index >= 15 is 0 Å². The molecule has 1 heterocycles. The second-order valence-corrected chi connectivity index (χ2v) is 3.84. The summed E-state index contributed by atoms with van der Waals surface area (Å²) in [6.45, 7) is 1.80. The van der Waals surface area contributed by atoms with Crippen LogP contribution in [0.1, 0.15) is 23.0 Å². The highest BCUT2D eigenvalue weighted by molar-refractivity contribution is 5.87. The number of esters is 1. The number of alkyl halides is 3. The van der Waals surface area contributed by atoms with E-state index in [1.54, 1.807) is 6.92 Å². The zero-order chi connectivity index (χ0) is 14.8. The first-order valence-electron chi connectivity index (χ1n) is 5.72. The second kappa shape index (κ2) is 5.36. The van der Waals surface area contributed by atoms with Gasteiger partial charge in [0, 0.05) is 5.56 Å². The number of rotatable bonds is 3. The minimum absolute atomic E-state index is 0.0702. The number of oxazole rings is 1. The molecule has 0 fully saturated rings. The van der Waals surface area contributed by atoms with E-state index in [9.17, 15) is 18.0 Å². The predicted molar refractivity (Wildman–Crippen MR) is 62.9 cm³/mol. The SMILES string of the molecule is CCOC(=O)c1coc(-c2cccc(C(F)(F)F)c2)n1. The summed E-state index contributed by atoms with van der Waals surface area (Å²) in [7, 11) is 0. The zero-order valence-electron chi connectivity index (χ0n) is 10.4. The van der Waals surface area contributed by atoms with Crippen LogP contribution in [-0.2, 0) is 10.9 Å². The Bertz CT molecular complexity index is 619. The van der Waals surface area contributed by atoms with Crippen molar-refractivity contribution in [1.29, 1.82) is 0 Å². The first-order valence-corrected chi connectivity index (χ1v) is 5.72. The summed E-state index contributed by atoms with van der Waals surface area (Å²) in [5.74, 6) is -0.756. The van der Waals surface area contributed by atoms with Gasteiger partial charge in [0.2, 0.25) is 5.89 Å². The highest BCUT2D eigenvalue weighted by Crippen LogP contribution is 2.31. The summed E-state index contributed by atoms with van der Waals surface area (Å²) in [6.07, 6.45) is -3.40. The maximum Gasteiger partial charge on any atom is 0.416 e. The van der Waals surface area contributed by atoms with E-state index in [4.69, 9.17) is 9.15 Å². The molecular formula is C13H10F3NO3. The average Bonchev–Trinajstić information content (AvgIpc) is 2.88. The Morgan fingerprint density at radius 2 is 2.15 bits per heavy atom. The molecule has 0 unspecified atom stereocenters. The van der Waals surface area contributed by atoms with E-state index in [0.717, 1.165) is 18.4 Å². The standard InChI is InChI=1S/C13H10F3NO3/c1-2-19-12(18)10-7-20-11(17-10)8-4-3-5-9(6-8)13(14,15)16/h3-7H,2H2,1H3. The van der Waals surface area contributed by atoms with Crippen molar-refractivity contribution in [3.05, 3.63) is 41.8 Å². The number of carbonyl (C=O) groups excluding carboxylic acids is 1. The van der Waals surface area contributed by atoms with E-state index in [1.165, 1.54) is 12.1 Å². The highest BCUT2D eigenvalue weighted by atomic mass is 19.4. The molecule has 0 N–H and O–H groups in total. The summed E-state index contributed by atoms with van der Waals surface area (Å²) in [4.78, 5) is 15.2. The summed E-state index contributed by atoms with van der Waals surface area (Å²) >= 11 is 0. The van der Waals surface area contributed by atoms with Crippen LogP contribution in [0.4, 0.5) is 13.2 Å². The van der Waals surface area contributed by atoms with Crippen LogP contribution >= 0.6 is 0 Å². The number of ether oxygens (including phenoxy) is 1. The lowest BCUT2D eigenvalue weighted by Crippen LogP contribution is -2.05.